The number of carbonyl (C=O) groups is 2. The molecule has 23 heavy (non-hydrogen) atoms. The number of imidazole rings is 1. The molecule has 2 aromatic heterocycles. The lowest BCUT2D eigenvalue weighted by Gasteiger charge is -2.17. The van der Waals surface area contributed by atoms with Crippen molar-refractivity contribution >= 4 is 17.6 Å². The third-order valence-electron chi connectivity index (χ3n) is 5.31. The smallest absolute Gasteiger partial charge is 0.312 e. The van der Waals surface area contributed by atoms with Crippen LogP contribution in [0.1, 0.15) is 17.7 Å². The molecule has 1 aliphatic carbocycles. The average molecular weight is 315 g/mol. The van der Waals surface area contributed by atoms with Crippen LogP contribution in [0.4, 0.5) is 0 Å². The van der Waals surface area contributed by atoms with Crippen LogP contribution in [0.2, 0.25) is 0 Å². The third-order valence-corrected chi connectivity index (χ3v) is 5.31. The summed E-state index contributed by atoms with van der Waals surface area (Å²) < 4.78 is 1.93. The van der Waals surface area contributed by atoms with Gasteiger partial charge in [0.25, 0.3) is 0 Å². The fraction of sp³-hybridized carbons (Fsp3) is 0.438. The Morgan fingerprint density at radius 3 is 2.48 bits per heavy atom. The third kappa shape index (κ3) is 1.77. The van der Waals surface area contributed by atoms with Crippen LogP contribution in [0.5, 0.6) is 0 Å². The molecule has 0 aromatic carbocycles. The van der Waals surface area contributed by atoms with E-state index < -0.39 is 22.8 Å². The number of fused-ring (bicyclic) bond motifs is 2. The maximum Gasteiger partial charge on any atom is 0.312 e. The summed E-state index contributed by atoms with van der Waals surface area (Å²) in [7, 11) is 0. The summed E-state index contributed by atoms with van der Waals surface area (Å²) in [4.78, 5) is 29.6. The van der Waals surface area contributed by atoms with Crippen molar-refractivity contribution in [3.63, 3.8) is 0 Å². The van der Waals surface area contributed by atoms with Crippen molar-refractivity contribution in [1.29, 1.82) is 0 Å². The van der Waals surface area contributed by atoms with Gasteiger partial charge in [-0.3, -0.25) is 14.5 Å². The summed E-state index contributed by atoms with van der Waals surface area (Å²) in [6.07, 6.45) is 4.05. The van der Waals surface area contributed by atoms with Crippen molar-refractivity contribution < 1.29 is 19.8 Å². The molecule has 120 valence electrons. The molecule has 0 amide bonds. The lowest BCUT2D eigenvalue weighted by Crippen LogP contribution is -2.28. The molecular formula is C16H17N3O4. The quantitative estimate of drug-likeness (QED) is 0.874. The van der Waals surface area contributed by atoms with Gasteiger partial charge in [-0.2, -0.15) is 0 Å². The van der Waals surface area contributed by atoms with E-state index in [1.54, 1.807) is 0 Å². The summed E-state index contributed by atoms with van der Waals surface area (Å²) in [5.41, 5.74) is 0.489. The number of carboxylic acid groups (broad SMARTS) is 2. The standard InChI is InChI=1S/C16H17N3O4/c1-10-3-2-4-19-6-11(17-12(10)19)5-18-8-15(13(20)21)7-16(15,9-18)14(22)23/h2-4,6H,5,7-9H2,1H3,(H,20,21)(H,22,23)/t15-,16+. The van der Waals surface area contributed by atoms with E-state index in [9.17, 15) is 19.8 Å². The second-order valence-electron chi connectivity index (χ2n) is 6.75. The number of hydrogen-bond acceptors (Lipinski definition) is 4. The second-order valence-corrected chi connectivity index (χ2v) is 6.75. The first-order valence-corrected chi connectivity index (χ1v) is 7.50. The van der Waals surface area contributed by atoms with Crippen molar-refractivity contribution in [3.8, 4) is 0 Å². The van der Waals surface area contributed by atoms with Crippen LogP contribution in [0.3, 0.4) is 0 Å². The van der Waals surface area contributed by atoms with Gasteiger partial charge in [0.1, 0.15) is 5.65 Å². The first kappa shape index (κ1) is 14.2. The second kappa shape index (κ2) is 4.32. The molecule has 0 unspecified atom stereocenters. The van der Waals surface area contributed by atoms with E-state index in [2.05, 4.69) is 4.98 Å². The molecule has 1 aliphatic heterocycles. The van der Waals surface area contributed by atoms with Gasteiger partial charge in [-0.15, -0.1) is 0 Å². The highest BCUT2D eigenvalue weighted by Crippen LogP contribution is 2.68. The molecular weight excluding hydrogens is 298 g/mol. The molecule has 2 aromatic rings. The van der Waals surface area contributed by atoms with Crippen molar-refractivity contribution in [1.82, 2.24) is 14.3 Å². The maximum atomic E-state index is 11.5. The molecule has 4 rings (SSSR count). The SMILES string of the molecule is Cc1cccn2cc(CN3C[C@@]4(C(=O)O)C[C@@]4(C(=O)O)C3)nc12. The van der Waals surface area contributed by atoms with E-state index in [-0.39, 0.29) is 19.5 Å². The van der Waals surface area contributed by atoms with E-state index >= 15 is 0 Å². The number of likely N-dealkylation sites (tertiary alicyclic amines) is 1. The minimum atomic E-state index is -1.13. The van der Waals surface area contributed by atoms with Crippen molar-refractivity contribution in [2.45, 2.75) is 19.9 Å². The summed E-state index contributed by atoms with van der Waals surface area (Å²) in [5.74, 6) is -2.01. The van der Waals surface area contributed by atoms with E-state index in [0.29, 0.717) is 6.54 Å². The topological polar surface area (TPSA) is 95.1 Å². The van der Waals surface area contributed by atoms with E-state index in [1.807, 2.05) is 40.8 Å². The van der Waals surface area contributed by atoms with Gasteiger partial charge in [0.15, 0.2) is 0 Å². The highest BCUT2D eigenvalue weighted by Gasteiger charge is 2.80. The predicted octanol–water partition coefficient (Wildman–Crippen LogP) is 1.00. The van der Waals surface area contributed by atoms with Crippen LogP contribution in [0.15, 0.2) is 24.5 Å². The number of hydrogen-bond donors (Lipinski definition) is 2. The van der Waals surface area contributed by atoms with Crippen LogP contribution in [0, 0.1) is 17.8 Å². The van der Waals surface area contributed by atoms with E-state index in [1.165, 1.54) is 0 Å². The maximum absolute atomic E-state index is 11.5. The van der Waals surface area contributed by atoms with E-state index in [4.69, 9.17) is 0 Å². The Bertz CT molecular complexity index is 817. The Morgan fingerprint density at radius 2 is 1.91 bits per heavy atom. The van der Waals surface area contributed by atoms with Crippen LogP contribution in [-0.2, 0) is 16.1 Å². The lowest BCUT2D eigenvalue weighted by molar-refractivity contribution is -0.151. The zero-order chi connectivity index (χ0) is 16.4. The molecule has 0 spiro atoms. The van der Waals surface area contributed by atoms with Gasteiger partial charge < -0.3 is 14.6 Å². The zero-order valence-corrected chi connectivity index (χ0v) is 12.7. The Hall–Kier alpha value is -2.41. The van der Waals surface area contributed by atoms with Crippen molar-refractivity contribution in [2.75, 3.05) is 13.1 Å². The Labute approximate surface area is 132 Å². The van der Waals surface area contributed by atoms with Crippen molar-refractivity contribution in [2.24, 2.45) is 10.8 Å². The van der Waals surface area contributed by atoms with Crippen LogP contribution in [-0.4, -0.2) is 49.5 Å². The Balaban J connectivity index is 1.60. The largest absolute Gasteiger partial charge is 0.481 e. The molecule has 7 nitrogen and oxygen atoms in total. The van der Waals surface area contributed by atoms with Crippen molar-refractivity contribution in [3.05, 3.63) is 35.8 Å². The minimum Gasteiger partial charge on any atom is -0.481 e. The van der Waals surface area contributed by atoms with Gasteiger partial charge in [0.2, 0.25) is 0 Å². The first-order valence-electron chi connectivity index (χ1n) is 7.50. The average Bonchev–Trinajstić information content (AvgIpc) is 2.81. The zero-order valence-electron chi connectivity index (χ0n) is 12.7. The number of rotatable bonds is 4. The number of carboxylic acids is 2. The number of aliphatic carboxylic acids is 2. The first-order chi connectivity index (χ1) is 10.9. The van der Waals surface area contributed by atoms with E-state index in [0.717, 1.165) is 16.9 Å². The summed E-state index contributed by atoms with van der Waals surface area (Å²) in [5, 5.41) is 18.9. The highest BCUT2D eigenvalue weighted by atomic mass is 16.4. The minimum absolute atomic E-state index is 0.228. The molecule has 1 saturated heterocycles. The monoisotopic (exact) mass is 315 g/mol. The molecule has 1 saturated carbocycles. The van der Waals surface area contributed by atoms with Gasteiger partial charge in [0.05, 0.1) is 16.5 Å². The molecule has 2 N–H and O–H groups in total. The number of aryl methyl sites for hydroxylation is 1. The predicted molar refractivity (Wildman–Crippen MR) is 80.0 cm³/mol. The van der Waals surface area contributed by atoms with Gasteiger partial charge >= 0.3 is 11.9 Å². The van der Waals surface area contributed by atoms with Gasteiger partial charge in [-0.1, -0.05) is 6.07 Å². The summed E-state index contributed by atoms with van der Waals surface area (Å²) >= 11 is 0. The Morgan fingerprint density at radius 1 is 1.26 bits per heavy atom. The summed E-state index contributed by atoms with van der Waals surface area (Å²) in [6.45, 7) is 2.98. The van der Waals surface area contributed by atoms with Gasteiger partial charge in [0, 0.05) is 32.0 Å². The Kier molecular flexibility index (Phi) is 2.67. The molecule has 2 atom stereocenters. The lowest BCUT2D eigenvalue weighted by atomic mass is 9.97. The fourth-order valence-corrected chi connectivity index (χ4v) is 4.02. The van der Waals surface area contributed by atoms with Crippen LogP contribution in [0.25, 0.3) is 5.65 Å². The molecule has 7 heteroatoms. The van der Waals surface area contributed by atoms with Gasteiger partial charge in [-0.25, -0.2) is 4.98 Å². The molecule has 3 heterocycles. The highest BCUT2D eigenvalue weighted by molar-refractivity contribution is 5.94. The van der Waals surface area contributed by atoms with Gasteiger partial charge in [-0.05, 0) is 25.0 Å². The summed E-state index contributed by atoms with van der Waals surface area (Å²) in [6, 6.07) is 3.92. The molecule has 0 bridgehead atoms. The normalized spacial score (nSPS) is 29.6. The number of pyridine rings is 1. The molecule has 2 fully saturated rings. The fourth-order valence-electron chi connectivity index (χ4n) is 4.02. The number of nitrogens with zero attached hydrogens (tertiary/aromatic N) is 3. The molecule has 2 aliphatic rings. The number of aromatic nitrogens is 2. The van der Waals surface area contributed by atoms with Crippen LogP contribution < -0.4 is 0 Å². The number of piperidine rings is 1. The van der Waals surface area contributed by atoms with Crippen LogP contribution >= 0.6 is 0 Å². The molecule has 0 radical (unpaired) electrons.